The lowest BCUT2D eigenvalue weighted by Crippen LogP contribution is -2.39. The van der Waals surface area contributed by atoms with Crippen LogP contribution in [0.3, 0.4) is 0 Å². The molecular formula is C28H35N3O3. The second-order valence-corrected chi connectivity index (χ2v) is 9.36. The van der Waals surface area contributed by atoms with E-state index in [1.165, 1.54) is 5.56 Å². The molecular weight excluding hydrogens is 426 g/mol. The lowest BCUT2D eigenvalue weighted by atomic mass is 9.89. The van der Waals surface area contributed by atoms with E-state index in [-0.39, 0.29) is 23.6 Å². The van der Waals surface area contributed by atoms with Crippen LogP contribution >= 0.6 is 0 Å². The van der Waals surface area contributed by atoms with Gasteiger partial charge in [0.2, 0.25) is 5.91 Å². The van der Waals surface area contributed by atoms with Gasteiger partial charge < -0.3 is 15.1 Å². The molecule has 4 rings (SSSR count). The number of nitrogens with one attached hydrogen (secondary N) is 1. The lowest BCUT2D eigenvalue weighted by molar-refractivity contribution is -0.127. The van der Waals surface area contributed by atoms with E-state index in [2.05, 4.69) is 18.3 Å². The van der Waals surface area contributed by atoms with Crippen molar-refractivity contribution in [3.05, 3.63) is 70.8 Å². The highest BCUT2D eigenvalue weighted by molar-refractivity contribution is 5.95. The fourth-order valence-corrected chi connectivity index (χ4v) is 4.95. The van der Waals surface area contributed by atoms with E-state index in [1.54, 1.807) is 0 Å². The maximum absolute atomic E-state index is 13.1. The Morgan fingerprint density at radius 3 is 2.59 bits per heavy atom. The van der Waals surface area contributed by atoms with E-state index in [0.29, 0.717) is 31.6 Å². The molecule has 2 heterocycles. The van der Waals surface area contributed by atoms with Crippen LogP contribution in [0, 0.1) is 0 Å². The van der Waals surface area contributed by atoms with Gasteiger partial charge in [0.05, 0.1) is 0 Å². The molecule has 34 heavy (non-hydrogen) atoms. The third kappa shape index (κ3) is 5.85. The van der Waals surface area contributed by atoms with Gasteiger partial charge in [-0.05, 0) is 67.5 Å². The van der Waals surface area contributed by atoms with Crippen molar-refractivity contribution in [3.63, 3.8) is 0 Å². The van der Waals surface area contributed by atoms with Crippen molar-refractivity contribution in [1.29, 1.82) is 0 Å². The van der Waals surface area contributed by atoms with Crippen LogP contribution in [0.15, 0.2) is 48.5 Å². The molecule has 2 fully saturated rings. The van der Waals surface area contributed by atoms with Gasteiger partial charge in [-0.1, -0.05) is 31.2 Å². The number of piperidine rings is 1. The molecule has 1 unspecified atom stereocenters. The molecule has 3 amide bonds. The number of hydrogen-bond acceptors (Lipinski definition) is 3. The molecule has 6 nitrogen and oxygen atoms in total. The Kier molecular flexibility index (Phi) is 7.99. The number of nitrogens with zero attached hydrogens (tertiary/aromatic N) is 2. The third-order valence-electron chi connectivity index (χ3n) is 7.00. The van der Waals surface area contributed by atoms with E-state index < -0.39 is 0 Å². The summed E-state index contributed by atoms with van der Waals surface area (Å²) in [5, 5.41) is 2.98. The summed E-state index contributed by atoms with van der Waals surface area (Å²) in [6, 6.07) is 15.7. The molecule has 2 aliphatic rings. The van der Waals surface area contributed by atoms with Crippen molar-refractivity contribution in [2.24, 2.45) is 0 Å². The molecule has 6 heteroatoms. The van der Waals surface area contributed by atoms with Crippen LogP contribution in [0.1, 0.15) is 76.8 Å². The average Bonchev–Trinajstić information content (AvgIpc) is 3.30. The Morgan fingerprint density at radius 2 is 1.85 bits per heavy atom. The summed E-state index contributed by atoms with van der Waals surface area (Å²) in [5.74, 6) is 0.436. The molecule has 0 bridgehead atoms. The number of hydrogen-bond donors (Lipinski definition) is 1. The fourth-order valence-electron chi connectivity index (χ4n) is 4.95. The van der Waals surface area contributed by atoms with Crippen LogP contribution in [0.2, 0.25) is 0 Å². The Balaban J connectivity index is 1.32. The number of likely N-dealkylation sites (tertiary alicyclic amines) is 2. The third-order valence-corrected chi connectivity index (χ3v) is 7.00. The predicted octanol–water partition coefficient (Wildman–Crippen LogP) is 4.01. The summed E-state index contributed by atoms with van der Waals surface area (Å²) >= 11 is 0. The van der Waals surface area contributed by atoms with Crippen molar-refractivity contribution < 1.29 is 14.4 Å². The molecule has 0 saturated carbocycles. The molecule has 2 aromatic rings. The summed E-state index contributed by atoms with van der Waals surface area (Å²) < 4.78 is 0. The van der Waals surface area contributed by atoms with Gasteiger partial charge in [0.1, 0.15) is 0 Å². The first-order chi connectivity index (χ1) is 16.5. The maximum atomic E-state index is 13.1. The summed E-state index contributed by atoms with van der Waals surface area (Å²) in [7, 11) is 0. The Hall–Kier alpha value is -3.15. The van der Waals surface area contributed by atoms with Crippen molar-refractivity contribution in [3.8, 4) is 0 Å². The quantitative estimate of drug-likeness (QED) is 0.604. The molecule has 0 radical (unpaired) electrons. The van der Waals surface area contributed by atoms with E-state index >= 15 is 0 Å². The first-order valence-electron chi connectivity index (χ1n) is 12.6. The molecule has 1 N–H and O–H groups in total. The zero-order valence-electron chi connectivity index (χ0n) is 20.1. The predicted molar refractivity (Wildman–Crippen MR) is 133 cm³/mol. The molecule has 1 atom stereocenters. The SMILES string of the molecule is CCc1ccc(C(=O)N2CCCC(c3cccc(C(=O)NCCCN4CCCC4=O)c3)C2)cc1. The zero-order valence-corrected chi connectivity index (χ0v) is 20.1. The largest absolute Gasteiger partial charge is 0.352 e. The van der Waals surface area contributed by atoms with Gasteiger partial charge in [0.15, 0.2) is 0 Å². The summed E-state index contributed by atoms with van der Waals surface area (Å²) in [6.07, 6.45) is 5.27. The average molecular weight is 462 g/mol. The maximum Gasteiger partial charge on any atom is 0.253 e. The number of carbonyl (C=O) groups is 3. The first-order valence-corrected chi connectivity index (χ1v) is 12.6. The Labute approximate surface area is 202 Å². The van der Waals surface area contributed by atoms with E-state index in [4.69, 9.17) is 0 Å². The standard InChI is InChI=1S/C28H35N3O3/c1-2-21-11-13-22(14-12-21)28(34)31-17-4-9-25(20-31)23-7-3-8-24(19-23)27(33)29-15-6-18-30-16-5-10-26(30)32/h3,7-8,11-14,19,25H,2,4-6,9-10,15-18,20H2,1H3,(H,29,33). The monoisotopic (exact) mass is 461 g/mol. The fraction of sp³-hybridized carbons (Fsp3) is 0.464. The number of carbonyl (C=O) groups excluding carboxylic acids is 3. The van der Waals surface area contributed by atoms with Crippen molar-refractivity contribution in [2.45, 2.75) is 51.4 Å². The van der Waals surface area contributed by atoms with Gasteiger partial charge in [-0.3, -0.25) is 14.4 Å². The van der Waals surface area contributed by atoms with Crippen LogP contribution in [0.5, 0.6) is 0 Å². The van der Waals surface area contributed by atoms with Crippen molar-refractivity contribution in [2.75, 3.05) is 32.7 Å². The van der Waals surface area contributed by atoms with Gasteiger partial charge in [0.25, 0.3) is 11.8 Å². The first kappa shape index (κ1) is 24.0. The minimum atomic E-state index is -0.0886. The van der Waals surface area contributed by atoms with Gasteiger partial charge >= 0.3 is 0 Å². The second-order valence-electron chi connectivity index (χ2n) is 9.36. The summed E-state index contributed by atoms with van der Waals surface area (Å²) in [6.45, 7) is 5.63. The van der Waals surface area contributed by atoms with Gasteiger partial charge in [0, 0.05) is 56.2 Å². The normalized spacial score (nSPS) is 18.3. The van der Waals surface area contributed by atoms with Crippen molar-refractivity contribution >= 4 is 17.7 Å². The van der Waals surface area contributed by atoms with Gasteiger partial charge in [-0.2, -0.15) is 0 Å². The van der Waals surface area contributed by atoms with Crippen LogP contribution < -0.4 is 5.32 Å². The molecule has 2 saturated heterocycles. The summed E-state index contributed by atoms with van der Waals surface area (Å²) in [5.41, 5.74) is 3.72. The number of benzene rings is 2. The number of rotatable bonds is 8. The van der Waals surface area contributed by atoms with Gasteiger partial charge in [-0.15, -0.1) is 0 Å². The topological polar surface area (TPSA) is 69.7 Å². The lowest BCUT2D eigenvalue weighted by Gasteiger charge is -2.33. The molecule has 180 valence electrons. The van der Waals surface area contributed by atoms with Crippen LogP contribution in [-0.2, 0) is 11.2 Å². The number of amides is 3. The smallest absolute Gasteiger partial charge is 0.253 e. The highest BCUT2D eigenvalue weighted by Crippen LogP contribution is 2.28. The van der Waals surface area contributed by atoms with Crippen LogP contribution in [-0.4, -0.2) is 60.2 Å². The minimum Gasteiger partial charge on any atom is -0.352 e. The highest BCUT2D eigenvalue weighted by atomic mass is 16.2. The molecule has 0 spiro atoms. The van der Waals surface area contributed by atoms with E-state index in [1.807, 2.05) is 52.3 Å². The van der Waals surface area contributed by atoms with E-state index in [9.17, 15) is 14.4 Å². The molecule has 2 aromatic carbocycles. The second kappa shape index (κ2) is 11.3. The Morgan fingerprint density at radius 1 is 1.03 bits per heavy atom. The molecule has 0 aliphatic carbocycles. The molecule has 0 aromatic heterocycles. The highest BCUT2D eigenvalue weighted by Gasteiger charge is 2.26. The van der Waals surface area contributed by atoms with E-state index in [0.717, 1.165) is 56.3 Å². The summed E-state index contributed by atoms with van der Waals surface area (Å²) in [4.78, 5) is 41.3. The zero-order chi connectivity index (χ0) is 23.9. The minimum absolute atomic E-state index is 0.0812. The molecule has 2 aliphatic heterocycles. The van der Waals surface area contributed by atoms with Crippen LogP contribution in [0.4, 0.5) is 0 Å². The van der Waals surface area contributed by atoms with Gasteiger partial charge in [-0.25, -0.2) is 0 Å². The van der Waals surface area contributed by atoms with Crippen LogP contribution in [0.25, 0.3) is 0 Å². The number of aryl methyl sites for hydroxylation is 1. The van der Waals surface area contributed by atoms with Crippen molar-refractivity contribution in [1.82, 2.24) is 15.1 Å². The Bertz CT molecular complexity index is 1020.